The molecule has 0 spiro atoms. The summed E-state index contributed by atoms with van der Waals surface area (Å²) in [6.45, 7) is 6.32. The number of rotatable bonds is 1. The van der Waals surface area contributed by atoms with Crippen LogP contribution in [0, 0.1) is 25.7 Å². The number of allylic oxidation sites excluding steroid dienone is 2. The van der Waals surface area contributed by atoms with E-state index in [0.29, 0.717) is 0 Å². The zero-order valence-corrected chi connectivity index (χ0v) is 12.2. The third kappa shape index (κ3) is 2.42. The van der Waals surface area contributed by atoms with E-state index >= 15 is 0 Å². The van der Waals surface area contributed by atoms with Gasteiger partial charge in [0, 0.05) is 17.7 Å². The highest BCUT2D eigenvalue weighted by molar-refractivity contribution is 6.06. The van der Waals surface area contributed by atoms with Gasteiger partial charge >= 0.3 is 0 Å². The summed E-state index contributed by atoms with van der Waals surface area (Å²) >= 11 is 0. The highest BCUT2D eigenvalue weighted by atomic mass is 15.1. The first-order valence-electron chi connectivity index (χ1n) is 7.05. The van der Waals surface area contributed by atoms with E-state index in [1.807, 2.05) is 0 Å². The molecule has 1 atom stereocenters. The largest absolute Gasteiger partial charge is 0.363 e. The number of amidine groups is 1. The fraction of sp³-hybridized carbons (Fsp3) is 0.353. The van der Waals surface area contributed by atoms with Crippen molar-refractivity contribution in [2.75, 3.05) is 5.32 Å². The average Bonchev–Trinajstić information content (AvgIpc) is 2.42. The molecule has 1 heterocycles. The van der Waals surface area contributed by atoms with E-state index in [1.54, 1.807) is 0 Å². The smallest absolute Gasteiger partial charge is 0.137 e. The predicted octanol–water partition coefficient (Wildman–Crippen LogP) is 3.09. The van der Waals surface area contributed by atoms with Crippen LogP contribution >= 0.6 is 0 Å². The van der Waals surface area contributed by atoms with Gasteiger partial charge < -0.3 is 10.6 Å². The lowest BCUT2D eigenvalue weighted by atomic mass is 10.0. The van der Waals surface area contributed by atoms with Gasteiger partial charge in [-0.3, -0.25) is 0 Å². The normalized spacial score (nSPS) is 19.9. The highest BCUT2D eigenvalue weighted by Crippen LogP contribution is 2.25. The van der Waals surface area contributed by atoms with Gasteiger partial charge in [-0.25, -0.2) is 4.99 Å². The minimum absolute atomic E-state index is 0.0734. The molecular formula is C17H19N3. The molecule has 1 unspecified atom stereocenters. The van der Waals surface area contributed by atoms with Crippen LogP contribution in [0.1, 0.15) is 36.5 Å². The average molecular weight is 265 g/mol. The summed E-state index contributed by atoms with van der Waals surface area (Å²) in [5, 5.41) is 6.80. The number of aliphatic imine (C=N–C) groups is 1. The maximum Gasteiger partial charge on any atom is 0.137 e. The molecule has 0 aromatic heterocycles. The molecule has 0 fully saturated rings. The lowest BCUT2D eigenvalue weighted by Gasteiger charge is -2.25. The lowest BCUT2D eigenvalue weighted by Crippen LogP contribution is -2.32. The Hall–Kier alpha value is -2.21. The summed E-state index contributed by atoms with van der Waals surface area (Å²) in [4.78, 5) is 4.67. The fourth-order valence-electron chi connectivity index (χ4n) is 2.46. The van der Waals surface area contributed by atoms with E-state index in [0.717, 1.165) is 35.6 Å². The van der Waals surface area contributed by atoms with E-state index in [2.05, 4.69) is 66.4 Å². The lowest BCUT2D eigenvalue weighted by molar-refractivity contribution is 0.830. The van der Waals surface area contributed by atoms with Gasteiger partial charge in [-0.15, -0.1) is 0 Å². The quantitative estimate of drug-likeness (QED) is 0.766. The maximum atomic E-state index is 4.67. The molecule has 0 saturated carbocycles. The molecule has 1 aromatic carbocycles. The Morgan fingerprint density at radius 1 is 1.30 bits per heavy atom. The van der Waals surface area contributed by atoms with Crippen molar-refractivity contribution in [3.8, 4) is 11.8 Å². The molecule has 2 aliphatic rings. The standard InChI is InChI=1S/C17H19N3/c1-11-9-15-16(10-12(11)2)18-13(3)19-17(15)20-14-7-5-4-6-8-14/h7,9-10,13,18H,4-5H2,1-3H3,(H,19,20). The summed E-state index contributed by atoms with van der Waals surface area (Å²) in [7, 11) is 0. The zero-order valence-electron chi connectivity index (χ0n) is 12.2. The van der Waals surface area contributed by atoms with Crippen molar-refractivity contribution in [1.82, 2.24) is 5.32 Å². The number of hydrogen-bond acceptors (Lipinski definition) is 3. The molecule has 2 N–H and O–H groups in total. The van der Waals surface area contributed by atoms with E-state index < -0.39 is 0 Å². The maximum absolute atomic E-state index is 4.67. The second-order valence-corrected chi connectivity index (χ2v) is 5.36. The molecule has 20 heavy (non-hydrogen) atoms. The van der Waals surface area contributed by atoms with Gasteiger partial charge in [-0.1, -0.05) is 12.0 Å². The first kappa shape index (κ1) is 12.8. The van der Waals surface area contributed by atoms with Crippen LogP contribution in [0.4, 0.5) is 5.69 Å². The molecule has 3 nitrogen and oxygen atoms in total. The number of aryl methyl sites for hydroxylation is 2. The van der Waals surface area contributed by atoms with Crippen LogP contribution in [0.2, 0.25) is 0 Å². The molecule has 0 saturated heterocycles. The first-order valence-corrected chi connectivity index (χ1v) is 7.05. The third-order valence-corrected chi connectivity index (χ3v) is 3.67. The van der Waals surface area contributed by atoms with Gasteiger partial charge in [0.05, 0.1) is 5.70 Å². The van der Waals surface area contributed by atoms with Gasteiger partial charge in [0.1, 0.15) is 12.0 Å². The second-order valence-electron chi connectivity index (χ2n) is 5.36. The summed E-state index contributed by atoms with van der Waals surface area (Å²) in [5.41, 5.74) is 5.80. The van der Waals surface area contributed by atoms with Crippen LogP contribution < -0.4 is 10.6 Å². The van der Waals surface area contributed by atoms with Crippen molar-refractivity contribution in [1.29, 1.82) is 0 Å². The summed E-state index contributed by atoms with van der Waals surface area (Å²) in [5.74, 6) is 7.18. The summed E-state index contributed by atoms with van der Waals surface area (Å²) in [6.07, 6.45) is 4.18. The number of anilines is 1. The van der Waals surface area contributed by atoms with Gasteiger partial charge in [-0.2, -0.15) is 0 Å². The fourth-order valence-corrected chi connectivity index (χ4v) is 2.46. The summed E-state index contributed by atoms with van der Waals surface area (Å²) in [6, 6.07) is 4.38. The molecule has 3 heteroatoms. The van der Waals surface area contributed by atoms with Crippen molar-refractivity contribution in [2.45, 2.75) is 39.8 Å². The molecule has 1 aromatic rings. The Bertz CT molecular complexity index is 671. The molecular weight excluding hydrogens is 246 g/mol. The Labute approximate surface area is 120 Å². The van der Waals surface area contributed by atoms with Crippen LogP contribution in [0.25, 0.3) is 0 Å². The van der Waals surface area contributed by atoms with Crippen LogP contribution in [0.5, 0.6) is 0 Å². The Balaban J connectivity index is 1.98. The van der Waals surface area contributed by atoms with Gasteiger partial charge in [0.15, 0.2) is 0 Å². The van der Waals surface area contributed by atoms with Gasteiger partial charge in [0.25, 0.3) is 0 Å². The van der Waals surface area contributed by atoms with Gasteiger partial charge in [-0.05, 0) is 56.4 Å². The van der Waals surface area contributed by atoms with Crippen molar-refractivity contribution >= 4 is 11.5 Å². The Kier molecular flexibility index (Phi) is 3.23. The predicted molar refractivity (Wildman–Crippen MR) is 83.8 cm³/mol. The number of nitrogens with zero attached hydrogens (tertiary/aromatic N) is 1. The number of benzene rings is 1. The van der Waals surface area contributed by atoms with E-state index in [9.17, 15) is 0 Å². The van der Waals surface area contributed by atoms with Crippen LogP contribution in [-0.2, 0) is 0 Å². The highest BCUT2D eigenvalue weighted by Gasteiger charge is 2.19. The number of fused-ring (bicyclic) bond motifs is 1. The number of nitrogens with one attached hydrogen (secondary N) is 2. The Morgan fingerprint density at radius 2 is 2.10 bits per heavy atom. The minimum Gasteiger partial charge on any atom is -0.363 e. The van der Waals surface area contributed by atoms with E-state index in [1.165, 1.54) is 11.1 Å². The van der Waals surface area contributed by atoms with Crippen LogP contribution in [0.3, 0.4) is 0 Å². The molecule has 0 amide bonds. The van der Waals surface area contributed by atoms with Crippen molar-refractivity contribution in [2.24, 2.45) is 4.99 Å². The zero-order chi connectivity index (χ0) is 14.1. The molecule has 1 aliphatic heterocycles. The van der Waals surface area contributed by atoms with Crippen molar-refractivity contribution < 1.29 is 0 Å². The second kappa shape index (κ2) is 5.05. The monoisotopic (exact) mass is 265 g/mol. The molecule has 102 valence electrons. The Morgan fingerprint density at radius 3 is 2.85 bits per heavy atom. The van der Waals surface area contributed by atoms with Gasteiger partial charge in [0.2, 0.25) is 0 Å². The topological polar surface area (TPSA) is 36.4 Å². The first-order chi connectivity index (χ1) is 9.63. The van der Waals surface area contributed by atoms with E-state index in [-0.39, 0.29) is 6.17 Å². The molecule has 1 aliphatic carbocycles. The molecule has 0 radical (unpaired) electrons. The van der Waals surface area contributed by atoms with Crippen molar-refractivity contribution in [3.05, 3.63) is 40.6 Å². The minimum atomic E-state index is 0.0734. The molecule has 3 rings (SSSR count). The molecule has 0 bridgehead atoms. The van der Waals surface area contributed by atoms with E-state index in [4.69, 9.17) is 0 Å². The number of hydrogen-bond donors (Lipinski definition) is 2. The van der Waals surface area contributed by atoms with Crippen LogP contribution in [-0.4, -0.2) is 12.0 Å². The van der Waals surface area contributed by atoms with Crippen LogP contribution in [0.15, 0.2) is 28.9 Å². The third-order valence-electron chi connectivity index (χ3n) is 3.67. The SMILES string of the molecule is Cc1cc2c(cc1C)C(NC1=CCCC#C1)=NC(C)N2. The summed E-state index contributed by atoms with van der Waals surface area (Å²) < 4.78 is 0. The van der Waals surface area contributed by atoms with Crippen molar-refractivity contribution in [3.63, 3.8) is 0 Å².